The van der Waals surface area contributed by atoms with Crippen molar-refractivity contribution in [1.29, 1.82) is 0 Å². The van der Waals surface area contributed by atoms with Gasteiger partial charge >= 0.3 is 11.9 Å². The predicted molar refractivity (Wildman–Crippen MR) is 146 cm³/mol. The monoisotopic (exact) mass is 534 g/mol. The molecule has 1 amide bonds. The van der Waals surface area contributed by atoms with Crippen molar-refractivity contribution in [2.75, 3.05) is 18.1 Å². The fraction of sp³-hybridized carbons (Fsp3) is 0.310. The molecule has 2 heterocycles. The zero-order valence-corrected chi connectivity index (χ0v) is 22.6. The average Bonchev–Trinajstić information content (AvgIpc) is 3.42. The molecule has 3 aromatic rings. The first-order chi connectivity index (χ1) is 18.3. The maximum absolute atomic E-state index is 13.4. The molecule has 9 heteroatoms. The summed E-state index contributed by atoms with van der Waals surface area (Å²) in [4.78, 5) is 45.1. The number of carbonyl (C=O) groups excluding carboxylic acids is 3. The van der Waals surface area contributed by atoms with Gasteiger partial charge in [-0.3, -0.25) is 14.5 Å². The molecule has 1 fully saturated rings. The number of nitrogens with zero attached hydrogens (tertiary/aromatic N) is 2. The molecule has 38 heavy (non-hydrogen) atoms. The van der Waals surface area contributed by atoms with Crippen LogP contribution in [0.25, 0.3) is 5.76 Å². The fourth-order valence-corrected chi connectivity index (χ4v) is 5.28. The Balaban J connectivity index is 1.81. The molecule has 0 bridgehead atoms. The lowest BCUT2D eigenvalue weighted by Gasteiger charge is -2.23. The van der Waals surface area contributed by atoms with Crippen molar-refractivity contribution in [1.82, 2.24) is 4.98 Å². The van der Waals surface area contributed by atoms with Crippen LogP contribution in [0, 0.1) is 13.8 Å². The Kier molecular flexibility index (Phi) is 8.26. The lowest BCUT2D eigenvalue weighted by Crippen LogP contribution is -2.29. The number of aromatic nitrogens is 1. The number of amides is 1. The number of aliphatic hydroxyl groups excluding tert-OH is 1. The number of hydrogen-bond acceptors (Lipinski definition) is 8. The second-order valence-corrected chi connectivity index (χ2v) is 9.87. The van der Waals surface area contributed by atoms with E-state index in [9.17, 15) is 19.5 Å². The van der Waals surface area contributed by atoms with Crippen LogP contribution in [0.3, 0.4) is 0 Å². The quantitative estimate of drug-likeness (QED) is 0.123. The van der Waals surface area contributed by atoms with Gasteiger partial charge in [0.2, 0.25) is 0 Å². The van der Waals surface area contributed by atoms with Gasteiger partial charge in [-0.2, -0.15) is 0 Å². The zero-order chi connectivity index (χ0) is 27.4. The molecular formula is C29H30N2O6S. The van der Waals surface area contributed by atoms with Gasteiger partial charge in [0.15, 0.2) is 5.13 Å². The number of carbonyl (C=O) groups is 3. The number of aryl methyl sites for hydroxylation is 2. The number of aliphatic hydroxyl groups is 1. The van der Waals surface area contributed by atoms with E-state index in [0.717, 1.165) is 29.7 Å². The minimum absolute atomic E-state index is 0.0502. The molecule has 0 radical (unpaired) electrons. The van der Waals surface area contributed by atoms with E-state index < -0.39 is 23.7 Å². The van der Waals surface area contributed by atoms with Gasteiger partial charge in [-0.15, -0.1) is 0 Å². The third kappa shape index (κ3) is 5.19. The van der Waals surface area contributed by atoms with Gasteiger partial charge in [-0.25, -0.2) is 9.78 Å². The van der Waals surface area contributed by atoms with E-state index in [1.54, 1.807) is 56.3 Å². The number of Topliss-reactive ketones (excluding diaryl/α,β-unsaturated/α-hetero) is 1. The van der Waals surface area contributed by atoms with Gasteiger partial charge in [0, 0.05) is 5.56 Å². The Bertz CT molecular complexity index is 1400. The highest BCUT2D eigenvalue weighted by Gasteiger charge is 2.48. The first-order valence-electron chi connectivity index (χ1n) is 12.5. The zero-order valence-electron chi connectivity index (χ0n) is 21.8. The molecule has 2 aromatic carbocycles. The highest BCUT2D eigenvalue weighted by molar-refractivity contribution is 7.17. The Morgan fingerprint density at radius 3 is 2.50 bits per heavy atom. The van der Waals surface area contributed by atoms with E-state index in [-0.39, 0.29) is 27.9 Å². The normalized spacial score (nSPS) is 16.6. The van der Waals surface area contributed by atoms with Crippen molar-refractivity contribution in [2.45, 2.75) is 46.6 Å². The van der Waals surface area contributed by atoms with Gasteiger partial charge in [0.25, 0.3) is 5.78 Å². The van der Waals surface area contributed by atoms with Crippen molar-refractivity contribution in [3.63, 3.8) is 0 Å². The Hall–Kier alpha value is -3.98. The maximum atomic E-state index is 13.4. The lowest BCUT2D eigenvalue weighted by molar-refractivity contribution is -0.132. The SMILES string of the molecule is CCCCOc1ccc(C(O)=C2C(=O)C(=O)N(c3nc(C)c(C(=O)OCC)s3)C2c2ccccc2)cc1C. The Morgan fingerprint density at radius 1 is 1.11 bits per heavy atom. The summed E-state index contributed by atoms with van der Waals surface area (Å²) in [6, 6.07) is 13.2. The van der Waals surface area contributed by atoms with Crippen LogP contribution in [0.2, 0.25) is 0 Å². The minimum Gasteiger partial charge on any atom is -0.507 e. The van der Waals surface area contributed by atoms with Crippen LogP contribution in [0.4, 0.5) is 5.13 Å². The molecule has 1 aliphatic heterocycles. The molecule has 198 valence electrons. The molecule has 8 nitrogen and oxygen atoms in total. The van der Waals surface area contributed by atoms with E-state index in [2.05, 4.69) is 11.9 Å². The summed E-state index contributed by atoms with van der Waals surface area (Å²) >= 11 is 0.979. The number of ketones is 1. The number of unbranched alkanes of at least 4 members (excludes halogenated alkanes) is 1. The number of esters is 1. The van der Waals surface area contributed by atoms with Crippen molar-refractivity contribution < 1.29 is 29.0 Å². The summed E-state index contributed by atoms with van der Waals surface area (Å²) in [5, 5.41) is 11.6. The first kappa shape index (κ1) is 27.1. The molecule has 0 spiro atoms. The molecule has 1 N–H and O–H groups in total. The molecule has 1 aliphatic rings. The van der Waals surface area contributed by atoms with Crippen LogP contribution in [-0.2, 0) is 14.3 Å². The lowest BCUT2D eigenvalue weighted by atomic mass is 9.95. The van der Waals surface area contributed by atoms with E-state index in [0.29, 0.717) is 29.2 Å². The summed E-state index contributed by atoms with van der Waals surface area (Å²) in [6.45, 7) is 8.08. The summed E-state index contributed by atoms with van der Waals surface area (Å²) in [5.41, 5.74) is 2.16. The first-order valence-corrected chi connectivity index (χ1v) is 13.3. The van der Waals surface area contributed by atoms with Gasteiger partial charge in [-0.05, 0) is 56.5 Å². The molecule has 1 aromatic heterocycles. The smallest absolute Gasteiger partial charge is 0.350 e. The maximum Gasteiger partial charge on any atom is 0.350 e. The van der Waals surface area contributed by atoms with Crippen LogP contribution in [0.1, 0.15) is 64.8 Å². The standard InChI is InChI=1S/C29H30N2O6S/c1-5-7-15-37-21-14-13-20(16-17(21)3)24(32)22-23(19-11-9-8-10-12-19)31(27(34)25(22)33)29-30-18(4)26(38-29)28(35)36-6-2/h8-14,16,23,32H,5-7,15H2,1-4H3. The molecule has 0 aliphatic carbocycles. The van der Waals surface area contributed by atoms with Gasteiger partial charge in [0.05, 0.1) is 30.5 Å². The number of thiazole rings is 1. The number of rotatable bonds is 9. The number of anilines is 1. The Labute approximate surface area is 225 Å². The van der Waals surface area contributed by atoms with Crippen molar-refractivity contribution >= 4 is 39.9 Å². The van der Waals surface area contributed by atoms with Crippen molar-refractivity contribution in [2.24, 2.45) is 0 Å². The Morgan fingerprint density at radius 2 is 1.84 bits per heavy atom. The minimum atomic E-state index is -0.933. The van der Waals surface area contributed by atoms with Gasteiger partial charge in [0.1, 0.15) is 16.4 Å². The van der Waals surface area contributed by atoms with Crippen LogP contribution in [0.5, 0.6) is 5.75 Å². The molecule has 0 saturated carbocycles. The van der Waals surface area contributed by atoms with E-state index >= 15 is 0 Å². The summed E-state index contributed by atoms with van der Waals surface area (Å²) < 4.78 is 10.9. The number of ether oxygens (including phenoxy) is 2. The number of hydrogen-bond donors (Lipinski definition) is 1. The topological polar surface area (TPSA) is 106 Å². The summed E-state index contributed by atoms with van der Waals surface area (Å²) in [6.07, 6.45) is 1.94. The van der Waals surface area contributed by atoms with E-state index in [1.165, 1.54) is 4.90 Å². The van der Waals surface area contributed by atoms with Crippen LogP contribution in [0.15, 0.2) is 54.1 Å². The summed E-state index contributed by atoms with van der Waals surface area (Å²) in [7, 11) is 0. The van der Waals surface area contributed by atoms with Crippen LogP contribution < -0.4 is 9.64 Å². The third-order valence-electron chi connectivity index (χ3n) is 6.22. The third-order valence-corrected chi connectivity index (χ3v) is 7.35. The molecule has 4 rings (SSSR count). The number of benzene rings is 2. The molecular weight excluding hydrogens is 504 g/mol. The second kappa shape index (κ2) is 11.6. The average molecular weight is 535 g/mol. The van der Waals surface area contributed by atoms with E-state index in [1.807, 2.05) is 13.0 Å². The van der Waals surface area contributed by atoms with Gasteiger partial charge < -0.3 is 14.6 Å². The van der Waals surface area contributed by atoms with Crippen molar-refractivity contribution in [3.05, 3.63) is 81.4 Å². The van der Waals surface area contributed by atoms with Crippen molar-refractivity contribution in [3.8, 4) is 5.75 Å². The highest BCUT2D eigenvalue weighted by atomic mass is 32.1. The largest absolute Gasteiger partial charge is 0.507 e. The molecule has 1 saturated heterocycles. The van der Waals surface area contributed by atoms with Crippen LogP contribution >= 0.6 is 11.3 Å². The van der Waals surface area contributed by atoms with Crippen LogP contribution in [-0.4, -0.2) is 41.0 Å². The fourth-order valence-electron chi connectivity index (χ4n) is 4.29. The van der Waals surface area contributed by atoms with E-state index in [4.69, 9.17) is 9.47 Å². The molecule has 1 unspecified atom stereocenters. The summed E-state index contributed by atoms with van der Waals surface area (Å²) in [5.74, 6) is -1.80. The molecule has 1 atom stereocenters. The van der Waals surface area contributed by atoms with Gasteiger partial charge in [-0.1, -0.05) is 55.0 Å². The highest BCUT2D eigenvalue weighted by Crippen LogP contribution is 2.44. The predicted octanol–water partition coefficient (Wildman–Crippen LogP) is 5.74. The second-order valence-electron chi connectivity index (χ2n) is 8.89.